The number of carbonyl (C=O) groups excluding carboxylic acids is 1. The van der Waals surface area contributed by atoms with E-state index in [-0.39, 0.29) is 23.8 Å². The maximum absolute atomic E-state index is 13.0. The van der Waals surface area contributed by atoms with Crippen LogP contribution in [0.2, 0.25) is 5.02 Å². The molecule has 0 saturated carbocycles. The molecule has 150 valence electrons. The molecule has 0 aliphatic rings. The van der Waals surface area contributed by atoms with Crippen molar-refractivity contribution >= 4 is 23.3 Å². The number of aryl methyl sites for hydroxylation is 1. The second-order valence-corrected chi connectivity index (χ2v) is 7.01. The first-order valence-corrected chi connectivity index (χ1v) is 9.59. The molecular weight excluding hydrogens is 390 g/mol. The van der Waals surface area contributed by atoms with Crippen LogP contribution in [0.1, 0.15) is 23.9 Å². The Kier molecular flexibility index (Phi) is 6.61. The van der Waals surface area contributed by atoms with Crippen LogP contribution in [0.4, 0.5) is 5.82 Å². The fourth-order valence-electron chi connectivity index (χ4n) is 2.94. The molecule has 1 aromatic carbocycles. The van der Waals surface area contributed by atoms with Crippen molar-refractivity contribution in [3.63, 3.8) is 0 Å². The number of rotatable bonds is 7. The van der Waals surface area contributed by atoms with Gasteiger partial charge in [0.05, 0.1) is 18.4 Å². The molecule has 3 rings (SSSR count). The van der Waals surface area contributed by atoms with E-state index in [2.05, 4.69) is 15.3 Å². The highest BCUT2D eigenvalue weighted by Crippen LogP contribution is 2.13. The monoisotopic (exact) mass is 411 g/mol. The highest BCUT2D eigenvalue weighted by molar-refractivity contribution is 6.30. The van der Waals surface area contributed by atoms with E-state index in [1.807, 2.05) is 30.3 Å². The molecule has 29 heavy (non-hydrogen) atoms. The lowest BCUT2D eigenvalue weighted by atomic mass is 10.2. The Morgan fingerprint density at radius 2 is 2.03 bits per heavy atom. The normalized spacial score (nSPS) is 10.6. The van der Waals surface area contributed by atoms with Gasteiger partial charge >= 0.3 is 5.56 Å². The number of aromatic nitrogens is 3. The van der Waals surface area contributed by atoms with Crippen molar-refractivity contribution < 1.29 is 4.79 Å². The highest BCUT2D eigenvalue weighted by atomic mass is 35.5. The third-order valence-electron chi connectivity index (χ3n) is 4.34. The average Bonchev–Trinajstić information content (AvgIpc) is 2.70. The van der Waals surface area contributed by atoms with E-state index in [9.17, 15) is 9.59 Å². The largest absolute Gasteiger partial charge is 0.365 e. The zero-order chi connectivity index (χ0) is 20.8. The van der Waals surface area contributed by atoms with Crippen molar-refractivity contribution in [1.82, 2.24) is 14.6 Å². The smallest absolute Gasteiger partial charge is 0.312 e. The van der Waals surface area contributed by atoms with E-state index in [0.29, 0.717) is 23.7 Å². The second kappa shape index (κ2) is 9.34. The molecule has 0 spiro atoms. The van der Waals surface area contributed by atoms with E-state index in [4.69, 9.17) is 11.6 Å². The molecule has 1 amide bonds. The van der Waals surface area contributed by atoms with Gasteiger partial charge in [0.1, 0.15) is 0 Å². The molecule has 7 nitrogen and oxygen atoms in total. The van der Waals surface area contributed by atoms with E-state index in [0.717, 1.165) is 11.3 Å². The summed E-state index contributed by atoms with van der Waals surface area (Å²) in [4.78, 5) is 33.8. The number of halogens is 1. The molecule has 0 atom stereocenters. The fourth-order valence-corrected chi connectivity index (χ4v) is 3.15. The van der Waals surface area contributed by atoms with Gasteiger partial charge in [-0.3, -0.25) is 14.6 Å². The van der Waals surface area contributed by atoms with Crippen molar-refractivity contribution in [1.29, 1.82) is 0 Å². The molecule has 0 aliphatic heterocycles. The number of pyridine rings is 1. The first kappa shape index (κ1) is 20.5. The molecule has 2 heterocycles. The Balaban J connectivity index is 1.83. The summed E-state index contributed by atoms with van der Waals surface area (Å²) in [7, 11) is 0. The predicted molar refractivity (Wildman–Crippen MR) is 114 cm³/mol. The Bertz CT molecular complexity index is 1050. The number of benzene rings is 1. The minimum atomic E-state index is -0.386. The van der Waals surface area contributed by atoms with Crippen LogP contribution >= 0.6 is 11.6 Å². The summed E-state index contributed by atoms with van der Waals surface area (Å²) in [5.41, 5.74) is 1.91. The van der Waals surface area contributed by atoms with Crippen molar-refractivity contribution in [2.75, 3.05) is 16.9 Å². The summed E-state index contributed by atoms with van der Waals surface area (Å²) in [6.45, 7) is 3.87. The topological polar surface area (TPSA) is 80.1 Å². The first-order valence-electron chi connectivity index (χ1n) is 9.21. The minimum absolute atomic E-state index is 0.184. The molecule has 2 aromatic heterocycles. The Morgan fingerprint density at radius 1 is 1.21 bits per heavy atom. The molecule has 0 aliphatic carbocycles. The van der Waals surface area contributed by atoms with Gasteiger partial charge in [0.25, 0.3) is 0 Å². The second-order valence-electron chi connectivity index (χ2n) is 6.57. The van der Waals surface area contributed by atoms with Crippen molar-refractivity contribution in [3.8, 4) is 0 Å². The standard InChI is InChI=1S/C21H22ClN5O2/c1-15-13-25-20(24-11-9-19-8-3-4-10-23-19)21(29)27(15)26(16(2)28)14-17-6-5-7-18(22)12-17/h3-8,10,12-13H,9,11,14H2,1-2H3,(H,24,25). The molecule has 0 fully saturated rings. The highest BCUT2D eigenvalue weighted by Gasteiger charge is 2.18. The van der Waals surface area contributed by atoms with E-state index in [1.165, 1.54) is 16.6 Å². The Labute approximate surface area is 174 Å². The average molecular weight is 412 g/mol. The van der Waals surface area contributed by atoms with Gasteiger partial charge in [0.15, 0.2) is 5.82 Å². The molecule has 3 aromatic rings. The van der Waals surface area contributed by atoms with Gasteiger partial charge in [0.2, 0.25) is 5.91 Å². The van der Waals surface area contributed by atoms with Gasteiger partial charge in [0, 0.05) is 36.8 Å². The van der Waals surface area contributed by atoms with Gasteiger partial charge in [-0.1, -0.05) is 29.8 Å². The third kappa shape index (κ3) is 5.20. The molecule has 8 heteroatoms. The third-order valence-corrected chi connectivity index (χ3v) is 4.57. The molecule has 0 radical (unpaired) electrons. The van der Waals surface area contributed by atoms with E-state index in [1.54, 1.807) is 31.5 Å². The van der Waals surface area contributed by atoms with Crippen LogP contribution in [-0.4, -0.2) is 27.1 Å². The summed E-state index contributed by atoms with van der Waals surface area (Å²) in [6.07, 6.45) is 3.94. The van der Waals surface area contributed by atoms with Crippen LogP contribution in [-0.2, 0) is 17.8 Å². The van der Waals surface area contributed by atoms with Gasteiger partial charge in [-0.05, 0) is 36.8 Å². The summed E-state index contributed by atoms with van der Waals surface area (Å²) < 4.78 is 1.35. The van der Waals surface area contributed by atoms with Crippen LogP contribution in [0.5, 0.6) is 0 Å². The zero-order valence-electron chi connectivity index (χ0n) is 16.3. The maximum Gasteiger partial charge on any atom is 0.312 e. The van der Waals surface area contributed by atoms with Crippen LogP contribution in [0.15, 0.2) is 59.7 Å². The number of hydrogen-bond donors (Lipinski definition) is 1. The van der Waals surface area contributed by atoms with Crippen molar-refractivity contribution in [2.24, 2.45) is 0 Å². The van der Waals surface area contributed by atoms with E-state index >= 15 is 0 Å². The van der Waals surface area contributed by atoms with Crippen LogP contribution in [0.3, 0.4) is 0 Å². The van der Waals surface area contributed by atoms with Crippen LogP contribution in [0, 0.1) is 6.92 Å². The lowest BCUT2D eigenvalue weighted by molar-refractivity contribution is -0.118. The molecule has 0 bridgehead atoms. The fraction of sp³-hybridized carbons (Fsp3) is 0.238. The van der Waals surface area contributed by atoms with E-state index < -0.39 is 0 Å². The first-order chi connectivity index (χ1) is 14.0. The molecular formula is C21H22ClN5O2. The van der Waals surface area contributed by atoms with Crippen LogP contribution < -0.4 is 15.9 Å². The molecule has 0 saturated heterocycles. The number of amides is 1. The van der Waals surface area contributed by atoms with Crippen molar-refractivity contribution in [3.05, 3.63) is 87.2 Å². The molecule has 0 unspecified atom stereocenters. The predicted octanol–water partition coefficient (Wildman–Crippen LogP) is 2.94. The SMILES string of the molecule is CC(=O)N(Cc1cccc(Cl)c1)n1c(C)cnc(NCCc2ccccn2)c1=O. The summed E-state index contributed by atoms with van der Waals surface area (Å²) in [5, 5.41) is 5.01. The summed E-state index contributed by atoms with van der Waals surface area (Å²) in [6, 6.07) is 12.9. The van der Waals surface area contributed by atoms with Gasteiger partial charge in [-0.2, -0.15) is 0 Å². The lowest BCUT2D eigenvalue weighted by Gasteiger charge is -2.25. The zero-order valence-corrected chi connectivity index (χ0v) is 17.1. The number of carbonyl (C=O) groups is 1. The van der Waals surface area contributed by atoms with Gasteiger partial charge in [-0.25, -0.2) is 14.7 Å². The van der Waals surface area contributed by atoms with Gasteiger partial charge in [-0.15, -0.1) is 0 Å². The summed E-state index contributed by atoms with van der Waals surface area (Å²) >= 11 is 6.05. The number of nitrogens with zero attached hydrogens (tertiary/aromatic N) is 4. The lowest BCUT2D eigenvalue weighted by Crippen LogP contribution is -2.46. The molecule has 1 N–H and O–H groups in total. The minimum Gasteiger partial charge on any atom is -0.365 e. The quantitative estimate of drug-likeness (QED) is 0.646. The Morgan fingerprint density at radius 3 is 2.72 bits per heavy atom. The number of hydrogen-bond acceptors (Lipinski definition) is 5. The van der Waals surface area contributed by atoms with Crippen molar-refractivity contribution in [2.45, 2.75) is 26.8 Å². The number of anilines is 1. The Hall–Kier alpha value is -3.19. The number of nitrogens with one attached hydrogen (secondary N) is 1. The summed E-state index contributed by atoms with van der Waals surface area (Å²) in [5.74, 6) is -0.0790. The maximum atomic E-state index is 13.0. The van der Waals surface area contributed by atoms with Crippen LogP contribution in [0.25, 0.3) is 0 Å². The van der Waals surface area contributed by atoms with Gasteiger partial charge < -0.3 is 5.32 Å².